The van der Waals surface area contributed by atoms with Gasteiger partial charge in [-0.1, -0.05) is 0 Å². The van der Waals surface area contributed by atoms with Gasteiger partial charge in [0.05, 0.1) is 5.54 Å². The smallest absolute Gasteiger partial charge is 0.135 e. The van der Waals surface area contributed by atoms with Crippen molar-refractivity contribution < 1.29 is 0 Å². The zero-order chi connectivity index (χ0) is 12.2. The van der Waals surface area contributed by atoms with E-state index < -0.39 is 0 Å². The first-order valence-electron chi connectivity index (χ1n) is 7.13. The fourth-order valence-electron chi connectivity index (χ4n) is 3.51. The molecule has 1 aliphatic heterocycles. The molecule has 2 heterocycles. The van der Waals surface area contributed by atoms with Gasteiger partial charge in [-0.3, -0.25) is 0 Å². The van der Waals surface area contributed by atoms with Gasteiger partial charge in [-0.2, -0.15) is 0 Å². The molecule has 96 valence electrons. The molecular formula is C14H20N4. The average Bonchev–Trinajstić information content (AvgIpc) is 3.19. The van der Waals surface area contributed by atoms with Gasteiger partial charge in [0.15, 0.2) is 0 Å². The highest BCUT2D eigenvalue weighted by Gasteiger charge is 2.51. The number of nitrogens with two attached hydrogens (primary N) is 1. The molecule has 1 aromatic rings. The standard InChI is InChI=1S/C14H20N4/c15-14(10-5-6-10)7-18(8-14)13-11-3-1-2-4-12(11)16-9-17-13/h9-10H,1-8,15H2. The molecule has 2 aliphatic carbocycles. The fraction of sp³-hybridized carbons (Fsp3) is 0.714. The van der Waals surface area contributed by atoms with E-state index in [4.69, 9.17) is 5.73 Å². The van der Waals surface area contributed by atoms with Crippen molar-refractivity contribution in [3.8, 4) is 0 Å². The quantitative estimate of drug-likeness (QED) is 0.851. The summed E-state index contributed by atoms with van der Waals surface area (Å²) in [6.07, 6.45) is 9.19. The van der Waals surface area contributed by atoms with E-state index in [1.165, 1.54) is 42.8 Å². The molecule has 0 spiro atoms. The number of hydrogen-bond acceptors (Lipinski definition) is 4. The summed E-state index contributed by atoms with van der Waals surface area (Å²) in [5, 5.41) is 0. The lowest BCUT2D eigenvalue weighted by Crippen LogP contribution is -2.69. The summed E-state index contributed by atoms with van der Waals surface area (Å²) in [5.41, 5.74) is 9.16. The van der Waals surface area contributed by atoms with Crippen LogP contribution in [0.1, 0.15) is 36.9 Å². The van der Waals surface area contributed by atoms with Crippen LogP contribution in [0.4, 0.5) is 5.82 Å². The second kappa shape index (κ2) is 3.67. The number of aryl methyl sites for hydroxylation is 1. The van der Waals surface area contributed by atoms with Crippen LogP contribution in [0.2, 0.25) is 0 Å². The third-order valence-electron chi connectivity index (χ3n) is 4.76. The lowest BCUT2D eigenvalue weighted by atomic mass is 9.85. The van der Waals surface area contributed by atoms with Crippen LogP contribution in [0.25, 0.3) is 0 Å². The van der Waals surface area contributed by atoms with Crippen LogP contribution in [0.3, 0.4) is 0 Å². The molecular weight excluding hydrogens is 224 g/mol. The minimum atomic E-state index is 0.0759. The van der Waals surface area contributed by atoms with Gasteiger partial charge in [0, 0.05) is 24.3 Å². The molecule has 4 rings (SSSR count). The highest BCUT2D eigenvalue weighted by molar-refractivity contribution is 5.53. The van der Waals surface area contributed by atoms with Crippen LogP contribution in [0.5, 0.6) is 0 Å². The lowest BCUT2D eigenvalue weighted by Gasteiger charge is -2.49. The van der Waals surface area contributed by atoms with Gasteiger partial charge in [-0.15, -0.1) is 0 Å². The van der Waals surface area contributed by atoms with E-state index in [0.29, 0.717) is 0 Å². The molecule has 0 unspecified atom stereocenters. The van der Waals surface area contributed by atoms with E-state index in [-0.39, 0.29) is 5.54 Å². The normalized spacial score (nSPS) is 25.5. The first kappa shape index (κ1) is 10.7. The Kier molecular flexibility index (Phi) is 2.19. The van der Waals surface area contributed by atoms with Crippen molar-refractivity contribution in [2.24, 2.45) is 11.7 Å². The molecule has 1 aromatic heterocycles. The summed E-state index contributed by atoms with van der Waals surface area (Å²) >= 11 is 0. The van der Waals surface area contributed by atoms with Gasteiger partial charge in [-0.25, -0.2) is 9.97 Å². The molecule has 18 heavy (non-hydrogen) atoms. The minimum Gasteiger partial charge on any atom is -0.352 e. The van der Waals surface area contributed by atoms with Gasteiger partial charge in [-0.05, 0) is 44.4 Å². The molecule has 3 aliphatic rings. The molecule has 2 N–H and O–H groups in total. The van der Waals surface area contributed by atoms with Crippen LogP contribution in [0.15, 0.2) is 6.33 Å². The number of anilines is 1. The summed E-state index contributed by atoms with van der Waals surface area (Å²) in [5.74, 6) is 1.94. The van der Waals surface area contributed by atoms with Crippen LogP contribution in [-0.4, -0.2) is 28.6 Å². The van der Waals surface area contributed by atoms with Crippen molar-refractivity contribution in [2.45, 2.75) is 44.1 Å². The monoisotopic (exact) mass is 244 g/mol. The highest BCUT2D eigenvalue weighted by atomic mass is 15.3. The number of aromatic nitrogens is 2. The van der Waals surface area contributed by atoms with E-state index in [9.17, 15) is 0 Å². The fourth-order valence-corrected chi connectivity index (χ4v) is 3.51. The first-order valence-corrected chi connectivity index (χ1v) is 7.13. The molecule has 2 fully saturated rings. The Labute approximate surface area is 108 Å². The van der Waals surface area contributed by atoms with Crippen LogP contribution >= 0.6 is 0 Å². The van der Waals surface area contributed by atoms with Crippen molar-refractivity contribution in [2.75, 3.05) is 18.0 Å². The second-order valence-corrected chi connectivity index (χ2v) is 6.19. The summed E-state index contributed by atoms with van der Waals surface area (Å²) in [6.45, 7) is 1.97. The first-order chi connectivity index (χ1) is 8.76. The van der Waals surface area contributed by atoms with Crippen molar-refractivity contribution in [1.29, 1.82) is 0 Å². The van der Waals surface area contributed by atoms with E-state index in [0.717, 1.165) is 31.8 Å². The predicted molar refractivity (Wildman–Crippen MR) is 70.5 cm³/mol. The van der Waals surface area contributed by atoms with Crippen molar-refractivity contribution >= 4 is 5.82 Å². The van der Waals surface area contributed by atoms with Gasteiger partial charge in [0.2, 0.25) is 0 Å². The Morgan fingerprint density at radius 3 is 2.72 bits per heavy atom. The minimum absolute atomic E-state index is 0.0759. The second-order valence-electron chi connectivity index (χ2n) is 6.19. The topological polar surface area (TPSA) is 55.0 Å². The van der Waals surface area contributed by atoms with E-state index >= 15 is 0 Å². The Bertz CT molecular complexity index is 475. The Morgan fingerprint density at radius 2 is 1.94 bits per heavy atom. The third-order valence-corrected chi connectivity index (χ3v) is 4.76. The van der Waals surface area contributed by atoms with Crippen LogP contribution in [-0.2, 0) is 12.8 Å². The highest BCUT2D eigenvalue weighted by Crippen LogP contribution is 2.44. The maximum absolute atomic E-state index is 6.43. The molecule has 0 bridgehead atoms. The van der Waals surface area contributed by atoms with Crippen LogP contribution in [0, 0.1) is 5.92 Å². The van der Waals surface area contributed by atoms with Gasteiger partial charge >= 0.3 is 0 Å². The third kappa shape index (κ3) is 1.55. The molecule has 1 saturated carbocycles. The lowest BCUT2D eigenvalue weighted by molar-refractivity contribution is 0.288. The zero-order valence-electron chi connectivity index (χ0n) is 10.7. The van der Waals surface area contributed by atoms with Crippen molar-refractivity contribution in [1.82, 2.24) is 9.97 Å². The van der Waals surface area contributed by atoms with Gasteiger partial charge in [0.25, 0.3) is 0 Å². The van der Waals surface area contributed by atoms with Gasteiger partial charge < -0.3 is 10.6 Å². The predicted octanol–water partition coefficient (Wildman–Crippen LogP) is 1.28. The Balaban J connectivity index is 1.59. The average molecular weight is 244 g/mol. The number of nitrogens with zero attached hydrogens (tertiary/aromatic N) is 3. The van der Waals surface area contributed by atoms with E-state index in [1.54, 1.807) is 6.33 Å². The Morgan fingerprint density at radius 1 is 1.17 bits per heavy atom. The Hall–Kier alpha value is -1.16. The largest absolute Gasteiger partial charge is 0.352 e. The summed E-state index contributed by atoms with van der Waals surface area (Å²) in [6, 6.07) is 0. The van der Waals surface area contributed by atoms with Gasteiger partial charge in [0.1, 0.15) is 12.1 Å². The molecule has 4 nitrogen and oxygen atoms in total. The molecule has 4 heteroatoms. The molecule has 0 amide bonds. The van der Waals surface area contributed by atoms with E-state index in [1.807, 2.05) is 0 Å². The number of fused-ring (bicyclic) bond motifs is 1. The molecule has 0 radical (unpaired) electrons. The van der Waals surface area contributed by atoms with Crippen molar-refractivity contribution in [3.63, 3.8) is 0 Å². The maximum Gasteiger partial charge on any atom is 0.135 e. The van der Waals surface area contributed by atoms with Crippen molar-refractivity contribution in [3.05, 3.63) is 17.6 Å². The number of hydrogen-bond donors (Lipinski definition) is 1. The summed E-state index contributed by atoms with van der Waals surface area (Å²) < 4.78 is 0. The molecule has 0 atom stereocenters. The summed E-state index contributed by atoms with van der Waals surface area (Å²) in [4.78, 5) is 11.3. The number of rotatable bonds is 2. The maximum atomic E-state index is 6.43. The van der Waals surface area contributed by atoms with E-state index in [2.05, 4.69) is 14.9 Å². The van der Waals surface area contributed by atoms with Crippen LogP contribution < -0.4 is 10.6 Å². The summed E-state index contributed by atoms with van der Waals surface area (Å²) in [7, 11) is 0. The zero-order valence-corrected chi connectivity index (χ0v) is 10.7. The molecule has 1 saturated heterocycles. The molecule has 0 aromatic carbocycles. The SMILES string of the molecule is NC1(C2CC2)CN(c2ncnc3c2CCCC3)C1.